The highest BCUT2D eigenvalue weighted by atomic mass is 19.1. The molecule has 1 N–H and O–H groups in total. The molecule has 4 nitrogen and oxygen atoms in total. The van der Waals surface area contributed by atoms with E-state index in [4.69, 9.17) is 0 Å². The molecule has 1 fully saturated rings. The summed E-state index contributed by atoms with van der Waals surface area (Å²) in [4.78, 5) is 27.0. The van der Waals surface area contributed by atoms with Crippen LogP contribution in [0.1, 0.15) is 29.9 Å². The van der Waals surface area contributed by atoms with Gasteiger partial charge < -0.3 is 10.2 Å². The molecule has 2 aliphatic rings. The van der Waals surface area contributed by atoms with Crippen molar-refractivity contribution >= 4 is 17.5 Å². The first-order valence-electron chi connectivity index (χ1n) is 9.05. The van der Waals surface area contributed by atoms with E-state index in [0.717, 1.165) is 36.1 Å². The third kappa shape index (κ3) is 3.34. The summed E-state index contributed by atoms with van der Waals surface area (Å²) >= 11 is 0. The first kappa shape index (κ1) is 16.8. The molecule has 2 aromatic carbocycles. The van der Waals surface area contributed by atoms with Gasteiger partial charge in [0.15, 0.2) is 0 Å². The minimum absolute atomic E-state index is 0.0163. The zero-order valence-corrected chi connectivity index (χ0v) is 14.5. The lowest BCUT2D eigenvalue weighted by molar-refractivity contribution is -0.126. The second kappa shape index (κ2) is 6.90. The molecule has 5 heteroatoms. The van der Waals surface area contributed by atoms with Crippen LogP contribution in [0.15, 0.2) is 48.5 Å². The molecule has 134 valence electrons. The number of carbonyl (C=O) groups excluding carboxylic acids is 2. The van der Waals surface area contributed by atoms with Crippen molar-refractivity contribution in [3.8, 4) is 0 Å². The quantitative estimate of drug-likeness (QED) is 0.899. The lowest BCUT2D eigenvalue weighted by Gasteiger charge is -2.20. The number of amides is 2. The van der Waals surface area contributed by atoms with E-state index in [1.165, 1.54) is 12.1 Å². The monoisotopic (exact) mass is 352 g/mol. The Morgan fingerprint density at radius 1 is 1.12 bits per heavy atom. The van der Waals surface area contributed by atoms with Crippen molar-refractivity contribution < 1.29 is 14.0 Å². The average molecular weight is 352 g/mol. The Bertz CT molecular complexity index is 830. The van der Waals surface area contributed by atoms with E-state index in [1.54, 1.807) is 17.0 Å². The SMILES string of the molecule is O=C(NCC(=O)N1CCc2ccccc21)C(c1ccc(F)cc1)C1CC1. The number of rotatable bonds is 5. The van der Waals surface area contributed by atoms with Gasteiger partial charge in [-0.1, -0.05) is 30.3 Å². The Morgan fingerprint density at radius 3 is 2.58 bits per heavy atom. The molecule has 26 heavy (non-hydrogen) atoms. The lowest BCUT2D eigenvalue weighted by atomic mass is 9.93. The van der Waals surface area contributed by atoms with Crippen LogP contribution < -0.4 is 10.2 Å². The largest absolute Gasteiger partial charge is 0.346 e. The molecule has 1 heterocycles. The Kier molecular flexibility index (Phi) is 4.45. The number of halogens is 1. The Balaban J connectivity index is 1.41. The van der Waals surface area contributed by atoms with E-state index < -0.39 is 0 Å². The highest BCUT2D eigenvalue weighted by Gasteiger charge is 2.37. The van der Waals surface area contributed by atoms with Gasteiger partial charge in [0.2, 0.25) is 11.8 Å². The second-order valence-electron chi connectivity index (χ2n) is 7.01. The van der Waals surface area contributed by atoms with Crippen LogP contribution in [-0.4, -0.2) is 24.9 Å². The molecule has 0 saturated heterocycles. The maximum Gasteiger partial charge on any atom is 0.246 e. The van der Waals surface area contributed by atoms with Crippen LogP contribution in [0.4, 0.5) is 10.1 Å². The molecule has 1 atom stereocenters. The number of benzene rings is 2. The number of carbonyl (C=O) groups is 2. The topological polar surface area (TPSA) is 49.4 Å². The molecule has 0 bridgehead atoms. The molecule has 2 amide bonds. The summed E-state index contributed by atoms with van der Waals surface area (Å²) in [5.41, 5.74) is 2.91. The standard InChI is InChI=1S/C21H21FN2O2/c22-17-9-7-16(8-10-17)20(15-5-6-15)21(26)23-13-19(25)24-12-11-14-3-1-2-4-18(14)24/h1-4,7-10,15,20H,5-6,11-13H2,(H,23,26). The van der Waals surface area contributed by atoms with Gasteiger partial charge >= 0.3 is 0 Å². The predicted molar refractivity (Wildman–Crippen MR) is 97.4 cm³/mol. The summed E-state index contributed by atoms with van der Waals surface area (Å²) in [6.07, 6.45) is 2.82. The third-order valence-corrected chi connectivity index (χ3v) is 5.21. The molecule has 0 spiro atoms. The summed E-state index contributed by atoms with van der Waals surface area (Å²) in [6.45, 7) is 0.635. The van der Waals surface area contributed by atoms with E-state index in [-0.39, 0.29) is 36.0 Å². The first-order valence-corrected chi connectivity index (χ1v) is 9.05. The van der Waals surface area contributed by atoms with E-state index in [1.807, 2.05) is 24.3 Å². The minimum Gasteiger partial charge on any atom is -0.346 e. The van der Waals surface area contributed by atoms with Crippen molar-refractivity contribution in [1.29, 1.82) is 0 Å². The number of anilines is 1. The lowest BCUT2D eigenvalue weighted by Crippen LogP contribution is -2.41. The molecule has 0 radical (unpaired) electrons. The van der Waals surface area contributed by atoms with Gasteiger partial charge in [-0.3, -0.25) is 9.59 Å². The van der Waals surface area contributed by atoms with Gasteiger partial charge in [0.25, 0.3) is 0 Å². The molecular weight excluding hydrogens is 331 g/mol. The average Bonchev–Trinajstić information content (AvgIpc) is 3.39. The van der Waals surface area contributed by atoms with Crippen molar-refractivity contribution in [2.45, 2.75) is 25.2 Å². The molecular formula is C21H21FN2O2. The maximum atomic E-state index is 13.2. The van der Waals surface area contributed by atoms with Crippen LogP contribution in [0.25, 0.3) is 0 Å². The molecule has 2 aromatic rings. The van der Waals surface area contributed by atoms with Gasteiger partial charge in [-0.25, -0.2) is 4.39 Å². The number of nitrogens with one attached hydrogen (secondary N) is 1. The van der Waals surface area contributed by atoms with Crippen LogP contribution in [0.5, 0.6) is 0 Å². The normalized spacial score (nSPS) is 16.9. The molecule has 0 aromatic heterocycles. The van der Waals surface area contributed by atoms with Crippen molar-refractivity contribution in [1.82, 2.24) is 5.32 Å². The van der Waals surface area contributed by atoms with Crippen molar-refractivity contribution in [2.24, 2.45) is 5.92 Å². The fraction of sp³-hybridized carbons (Fsp3) is 0.333. The van der Waals surface area contributed by atoms with Crippen LogP contribution in [0.2, 0.25) is 0 Å². The zero-order valence-electron chi connectivity index (χ0n) is 14.5. The summed E-state index contributed by atoms with van der Waals surface area (Å²) in [6, 6.07) is 13.9. The highest BCUT2D eigenvalue weighted by molar-refractivity contribution is 5.99. The second-order valence-corrected chi connectivity index (χ2v) is 7.01. The number of nitrogens with zero attached hydrogens (tertiary/aromatic N) is 1. The number of hydrogen-bond donors (Lipinski definition) is 1. The van der Waals surface area contributed by atoms with Crippen LogP contribution in [0.3, 0.4) is 0 Å². The third-order valence-electron chi connectivity index (χ3n) is 5.21. The molecule has 1 aliphatic heterocycles. The predicted octanol–water partition coefficient (Wildman–Crippen LogP) is 3.02. The summed E-state index contributed by atoms with van der Waals surface area (Å²) in [5, 5.41) is 2.80. The van der Waals surface area contributed by atoms with E-state index >= 15 is 0 Å². The van der Waals surface area contributed by atoms with Crippen LogP contribution in [0, 0.1) is 11.7 Å². The van der Waals surface area contributed by atoms with Crippen molar-refractivity contribution in [3.05, 3.63) is 65.5 Å². The first-order chi connectivity index (χ1) is 12.6. The molecule has 4 rings (SSSR count). The van der Waals surface area contributed by atoms with Crippen LogP contribution >= 0.6 is 0 Å². The zero-order chi connectivity index (χ0) is 18.1. The van der Waals surface area contributed by atoms with Gasteiger partial charge in [-0.2, -0.15) is 0 Å². The molecule has 1 saturated carbocycles. The van der Waals surface area contributed by atoms with Crippen molar-refractivity contribution in [2.75, 3.05) is 18.0 Å². The van der Waals surface area contributed by atoms with Crippen LogP contribution in [-0.2, 0) is 16.0 Å². The Labute approximate surface area is 152 Å². The fourth-order valence-electron chi connectivity index (χ4n) is 3.70. The van der Waals surface area contributed by atoms with E-state index in [0.29, 0.717) is 6.54 Å². The van der Waals surface area contributed by atoms with Crippen molar-refractivity contribution in [3.63, 3.8) is 0 Å². The summed E-state index contributed by atoms with van der Waals surface area (Å²) < 4.78 is 13.2. The molecule has 1 aliphatic carbocycles. The summed E-state index contributed by atoms with van der Waals surface area (Å²) in [7, 11) is 0. The maximum absolute atomic E-state index is 13.2. The van der Waals surface area contributed by atoms with Gasteiger partial charge in [0, 0.05) is 12.2 Å². The van der Waals surface area contributed by atoms with Gasteiger partial charge in [0.1, 0.15) is 5.82 Å². The minimum atomic E-state index is -0.313. The van der Waals surface area contributed by atoms with Gasteiger partial charge in [-0.05, 0) is 54.5 Å². The van der Waals surface area contributed by atoms with E-state index in [9.17, 15) is 14.0 Å². The fourth-order valence-corrected chi connectivity index (χ4v) is 3.70. The Morgan fingerprint density at radius 2 is 1.85 bits per heavy atom. The van der Waals surface area contributed by atoms with Gasteiger partial charge in [0.05, 0.1) is 12.5 Å². The number of para-hydroxylation sites is 1. The Hall–Kier alpha value is -2.69. The number of fused-ring (bicyclic) bond motifs is 1. The molecule has 1 unspecified atom stereocenters. The smallest absolute Gasteiger partial charge is 0.246 e. The highest BCUT2D eigenvalue weighted by Crippen LogP contribution is 2.42. The summed E-state index contributed by atoms with van der Waals surface area (Å²) in [5.74, 6) is -0.596. The van der Waals surface area contributed by atoms with Gasteiger partial charge in [-0.15, -0.1) is 0 Å². The van der Waals surface area contributed by atoms with E-state index in [2.05, 4.69) is 5.32 Å². The number of hydrogen-bond acceptors (Lipinski definition) is 2.